The number of terminal acetylenes is 1. The fourth-order valence-corrected chi connectivity index (χ4v) is 1.19. The van der Waals surface area contributed by atoms with Gasteiger partial charge < -0.3 is 10.1 Å². The van der Waals surface area contributed by atoms with Crippen LogP contribution in [0.5, 0.6) is 0 Å². The molecule has 0 saturated carbocycles. The van der Waals surface area contributed by atoms with Crippen molar-refractivity contribution in [2.75, 3.05) is 19.8 Å². The van der Waals surface area contributed by atoms with E-state index in [0.717, 1.165) is 39.0 Å². The highest BCUT2D eigenvalue weighted by Crippen LogP contribution is 2.02. The van der Waals surface area contributed by atoms with Crippen molar-refractivity contribution < 1.29 is 4.74 Å². The lowest BCUT2D eigenvalue weighted by atomic mass is 10.2. The summed E-state index contributed by atoms with van der Waals surface area (Å²) in [6, 6.07) is 0.577. The maximum Gasteiger partial charge on any atom is 0.0620 e. The van der Waals surface area contributed by atoms with Crippen molar-refractivity contribution >= 4 is 0 Å². The first-order valence-corrected chi connectivity index (χ1v) is 4.18. The predicted molar refractivity (Wildman–Crippen MR) is 45.3 cm³/mol. The first-order valence-electron chi connectivity index (χ1n) is 4.18. The van der Waals surface area contributed by atoms with Gasteiger partial charge in [-0.1, -0.05) is 0 Å². The summed E-state index contributed by atoms with van der Waals surface area (Å²) in [7, 11) is 0. The molecule has 0 amide bonds. The van der Waals surface area contributed by atoms with E-state index in [1.165, 1.54) is 0 Å². The number of hydrogen-bond acceptors (Lipinski definition) is 2. The summed E-state index contributed by atoms with van der Waals surface area (Å²) in [6.45, 7) is 2.81. The third-order valence-corrected chi connectivity index (χ3v) is 1.86. The zero-order valence-electron chi connectivity index (χ0n) is 6.81. The van der Waals surface area contributed by atoms with Crippen LogP contribution in [0.25, 0.3) is 0 Å². The van der Waals surface area contributed by atoms with Crippen LogP contribution in [-0.4, -0.2) is 25.8 Å². The molecule has 1 rings (SSSR count). The zero-order valence-corrected chi connectivity index (χ0v) is 6.81. The van der Waals surface area contributed by atoms with E-state index in [9.17, 15) is 0 Å². The monoisotopic (exact) mass is 153 g/mol. The molecule has 2 heteroatoms. The van der Waals surface area contributed by atoms with Crippen molar-refractivity contribution in [1.29, 1.82) is 0 Å². The smallest absolute Gasteiger partial charge is 0.0620 e. The molecule has 0 bridgehead atoms. The van der Waals surface area contributed by atoms with E-state index < -0.39 is 0 Å². The number of nitrogens with one attached hydrogen (secondary N) is 1. The minimum absolute atomic E-state index is 0.577. The Morgan fingerprint density at radius 2 is 2.55 bits per heavy atom. The largest absolute Gasteiger partial charge is 0.380 e. The molecule has 1 N–H and O–H groups in total. The lowest BCUT2D eigenvalue weighted by Gasteiger charge is -2.08. The summed E-state index contributed by atoms with van der Waals surface area (Å²) < 4.78 is 5.21. The van der Waals surface area contributed by atoms with Crippen LogP contribution in [0.1, 0.15) is 19.3 Å². The van der Waals surface area contributed by atoms with Gasteiger partial charge in [-0.3, -0.25) is 0 Å². The first-order chi connectivity index (χ1) is 5.43. The standard InChI is InChI=1S/C9H15NO/c1-2-3-4-6-10-9-5-7-11-8-9/h1,9-10H,3-8H2. The van der Waals surface area contributed by atoms with Gasteiger partial charge in [0.25, 0.3) is 0 Å². The van der Waals surface area contributed by atoms with Gasteiger partial charge in [-0.2, -0.15) is 0 Å². The van der Waals surface area contributed by atoms with Gasteiger partial charge in [0.15, 0.2) is 0 Å². The number of ether oxygens (including phenoxy) is 1. The molecule has 1 aliphatic rings. The topological polar surface area (TPSA) is 21.3 Å². The molecule has 1 fully saturated rings. The summed E-state index contributed by atoms with van der Waals surface area (Å²) in [5.41, 5.74) is 0. The second-order valence-corrected chi connectivity index (χ2v) is 2.82. The van der Waals surface area contributed by atoms with Crippen molar-refractivity contribution in [3.8, 4) is 12.3 Å². The van der Waals surface area contributed by atoms with Gasteiger partial charge in [-0.05, 0) is 19.4 Å². The summed E-state index contributed by atoms with van der Waals surface area (Å²) in [6.07, 6.45) is 8.22. The molecular formula is C9H15NO. The highest BCUT2D eigenvalue weighted by atomic mass is 16.5. The van der Waals surface area contributed by atoms with E-state index in [1.54, 1.807) is 0 Å². The van der Waals surface area contributed by atoms with Crippen LogP contribution < -0.4 is 5.32 Å². The third kappa shape index (κ3) is 3.41. The Morgan fingerprint density at radius 1 is 1.64 bits per heavy atom. The fourth-order valence-electron chi connectivity index (χ4n) is 1.19. The van der Waals surface area contributed by atoms with Gasteiger partial charge in [0, 0.05) is 19.1 Å². The molecule has 0 spiro atoms. The van der Waals surface area contributed by atoms with Crippen LogP contribution in [0.2, 0.25) is 0 Å². The van der Waals surface area contributed by atoms with Gasteiger partial charge >= 0.3 is 0 Å². The molecule has 1 heterocycles. The minimum atomic E-state index is 0.577. The summed E-state index contributed by atoms with van der Waals surface area (Å²) in [4.78, 5) is 0. The highest BCUT2D eigenvalue weighted by molar-refractivity contribution is 4.83. The molecule has 1 aliphatic heterocycles. The van der Waals surface area contributed by atoms with Crippen LogP contribution in [0.3, 0.4) is 0 Å². The Kier molecular flexibility index (Phi) is 4.03. The third-order valence-electron chi connectivity index (χ3n) is 1.86. The van der Waals surface area contributed by atoms with Crippen LogP contribution in [0.15, 0.2) is 0 Å². The molecule has 0 aromatic rings. The van der Waals surface area contributed by atoms with E-state index in [0.29, 0.717) is 6.04 Å². The number of hydrogen-bond donors (Lipinski definition) is 1. The Morgan fingerprint density at radius 3 is 3.18 bits per heavy atom. The molecular weight excluding hydrogens is 138 g/mol. The summed E-state index contributed by atoms with van der Waals surface area (Å²) >= 11 is 0. The van der Waals surface area contributed by atoms with E-state index >= 15 is 0 Å². The van der Waals surface area contributed by atoms with E-state index in [2.05, 4.69) is 11.2 Å². The van der Waals surface area contributed by atoms with Crippen molar-refractivity contribution in [3.63, 3.8) is 0 Å². The summed E-state index contributed by atoms with van der Waals surface area (Å²) in [5, 5.41) is 3.40. The molecule has 11 heavy (non-hydrogen) atoms. The molecule has 62 valence electrons. The molecule has 0 aromatic carbocycles. The Bertz CT molecular complexity index is 133. The minimum Gasteiger partial charge on any atom is -0.380 e. The van der Waals surface area contributed by atoms with E-state index in [4.69, 9.17) is 11.2 Å². The molecule has 0 aromatic heterocycles. The zero-order chi connectivity index (χ0) is 7.94. The molecule has 2 nitrogen and oxygen atoms in total. The quantitative estimate of drug-likeness (QED) is 0.476. The average Bonchev–Trinajstić information content (AvgIpc) is 2.50. The molecule has 1 saturated heterocycles. The lowest BCUT2D eigenvalue weighted by Crippen LogP contribution is -2.29. The van der Waals surface area contributed by atoms with Crippen molar-refractivity contribution in [1.82, 2.24) is 5.32 Å². The first kappa shape index (κ1) is 8.58. The molecule has 0 radical (unpaired) electrons. The van der Waals surface area contributed by atoms with Crippen molar-refractivity contribution in [2.45, 2.75) is 25.3 Å². The Labute approximate surface area is 68.3 Å². The van der Waals surface area contributed by atoms with E-state index in [-0.39, 0.29) is 0 Å². The van der Waals surface area contributed by atoms with Gasteiger partial charge in [0.2, 0.25) is 0 Å². The molecule has 1 unspecified atom stereocenters. The van der Waals surface area contributed by atoms with Gasteiger partial charge in [-0.15, -0.1) is 12.3 Å². The van der Waals surface area contributed by atoms with Crippen LogP contribution >= 0.6 is 0 Å². The normalized spacial score (nSPS) is 23.4. The molecule has 1 atom stereocenters. The maximum atomic E-state index is 5.21. The predicted octanol–water partition coefficient (Wildman–Crippen LogP) is 0.778. The van der Waals surface area contributed by atoms with Gasteiger partial charge in [0.1, 0.15) is 0 Å². The number of unbranched alkanes of at least 4 members (excludes halogenated alkanes) is 1. The molecule has 0 aliphatic carbocycles. The Hall–Kier alpha value is -0.520. The fraction of sp³-hybridized carbons (Fsp3) is 0.778. The Balaban J connectivity index is 1.90. The van der Waals surface area contributed by atoms with Crippen LogP contribution in [0.4, 0.5) is 0 Å². The summed E-state index contributed by atoms with van der Waals surface area (Å²) in [5.74, 6) is 2.62. The average molecular weight is 153 g/mol. The second kappa shape index (κ2) is 5.17. The van der Waals surface area contributed by atoms with E-state index in [1.807, 2.05) is 0 Å². The van der Waals surface area contributed by atoms with Gasteiger partial charge in [0.05, 0.1) is 6.61 Å². The lowest BCUT2D eigenvalue weighted by molar-refractivity contribution is 0.190. The van der Waals surface area contributed by atoms with Crippen molar-refractivity contribution in [3.05, 3.63) is 0 Å². The van der Waals surface area contributed by atoms with Crippen molar-refractivity contribution in [2.24, 2.45) is 0 Å². The number of rotatable bonds is 4. The maximum absolute atomic E-state index is 5.21. The second-order valence-electron chi connectivity index (χ2n) is 2.82. The van der Waals surface area contributed by atoms with Crippen LogP contribution in [0, 0.1) is 12.3 Å². The SMILES string of the molecule is C#CCCCNC1CCOC1. The van der Waals surface area contributed by atoms with Crippen LogP contribution in [-0.2, 0) is 4.74 Å². The highest BCUT2D eigenvalue weighted by Gasteiger charge is 2.13. The van der Waals surface area contributed by atoms with Gasteiger partial charge in [-0.25, -0.2) is 0 Å².